The van der Waals surface area contributed by atoms with Gasteiger partial charge in [-0.3, -0.25) is 0 Å². The van der Waals surface area contributed by atoms with Crippen LogP contribution >= 0.6 is 0 Å². The molecule has 0 spiro atoms. The van der Waals surface area contributed by atoms with E-state index in [4.69, 9.17) is 14.6 Å². The summed E-state index contributed by atoms with van der Waals surface area (Å²) in [6.07, 6.45) is 3.11. The van der Waals surface area contributed by atoms with E-state index < -0.39 is 11.8 Å². The smallest absolute Gasteiger partial charge is 0.331 e. The van der Waals surface area contributed by atoms with Crippen LogP contribution in [0.15, 0.2) is 12.2 Å². The molecule has 4 heteroatoms. The molecule has 17 heavy (non-hydrogen) atoms. The summed E-state index contributed by atoms with van der Waals surface area (Å²) < 4.78 is 11.5. The number of hydrogen-bond acceptors (Lipinski definition) is 3. The Hall–Kier alpha value is -0.870. The van der Waals surface area contributed by atoms with Crippen LogP contribution in [-0.4, -0.2) is 30.1 Å². The Morgan fingerprint density at radius 3 is 2.41 bits per heavy atom. The molecule has 1 N–H and O–H groups in total. The first kappa shape index (κ1) is 14.2. The average Bonchev–Trinajstić information content (AvgIpc) is 2.35. The molecule has 0 bridgehead atoms. The highest BCUT2D eigenvalue weighted by atomic mass is 16.7. The van der Waals surface area contributed by atoms with Gasteiger partial charge in [-0.1, -0.05) is 26.8 Å². The number of hydrogen-bond donors (Lipinski definition) is 1. The van der Waals surface area contributed by atoms with Gasteiger partial charge in [-0.2, -0.15) is 0 Å². The Morgan fingerprint density at radius 1 is 1.41 bits per heavy atom. The average molecular weight is 242 g/mol. The zero-order valence-electron chi connectivity index (χ0n) is 10.7. The molecule has 1 atom stereocenters. The molecule has 4 nitrogen and oxygen atoms in total. The van der Waals surface area contributed by atoms with Crippen molar-refractivity contribution in [2.45, 2.75) is 45.3 Å². The minimum Gasteiger partial charge on any atom is -0.478 e. The number of carboxylic acid groups (broad SMARTS) is 1. The molecule has 1 unspecified atom stereocenters. The fraction of sp³-hybridized carbons (Fsp3) is 0.769. The van der Waals surface area contributed by atoms with Gasteiger partial charge < -0.3 is 14.6 Å². The van der Waals surface area contributed by atoms with Crippen molar-refractivity contribution in [2.24, 2.45) is 5.92 Å². The van der Waals surface area contributed by atoms with E-state index in [2.05, 4.69) is 6.58 Å². The van der Waals surface area contributed by atoms with Crippen molar-refractivity contribution in [3.05, 3.63) is 12.2 Å². The van der Waals surface area contributed by atoms with Gasteiger partial charge >= 0.3 is 5.97 Å². The summed E-state index contributed by atoms with van der Waals surface area (Å²) >= 11 is 0. The molecule has 1 aliphatic heterocycles. The summed E-state index contributed by atoms with van der Waals surface area (Å²) in [4.78, 5) is 11.1. The van der Waals surface area contributed by atoms with Crippen molar-refractivity contribution in [3.63, 3.8) is 0 Å². The minimum atomic E-state index is -0.964. The summed E-state index contributed by atoms with van der Waals surface area (Å²) in [7, 11) is 0. The molecule has 1 aliphatic rings. The van der Waals surface area contributed by atoms with Gasteiger partial charge in [-0.05, 0) is 19.3 Å². The van der Waals surface area contributed by atoms with E-state index in [1.54, 1.807) is 0 Å². The third-order valence-electron chi connectivity index (χ3n) is 3.28. The predicted molar refractivity (Wildman–Crippen MR) is 64.7 cm³/mol. The monoisotopic (exact) mass is 242 g/mol. The fourth-order valence-electron chi connectivity index (χ4n) is 2.34. The Morgan fingerprint density at radius 2 is 2.00 bits per heavy atom. The van der Waals surface area contributed by atoms with Crippen LogP contribution in [0.2, 0.25) is 0 Å². The Bertz CT molecular complexity index is 279. The molecule has 0 aromatic heterocycles. The molecule has 1 heterocycles. The molecule has 0 amide bonds. The lowest BCUT2D eigenvalue weighted by Crippen LogP contribution is -2.48. The number of rotatable bonds is 6. The first-order valence-corrected chi connectivity index (χ1v) is 6.27. The molecule has 1 saturated heterocycles. The number of carboxylic acids is 1. The standard InChI is InChI=1S/C13H22O4/c1-4-7-11(10(3)12(14)15)13(5-2)16-8-6-9-17-13/h11H,3-9H2,1-2H3,(H,14,15). The summed E-state index contributed by atoms with van der Waals surface area (Å²) in [6, 6.07) is 0. The summed E-state index contributed by atoms with van der Waals surface area (Å²) in [5, 5.41) is 9.11. The van der Waals surface area contributed by atoms with Crippen LogP contribution in [0.5, 0.6) is 0 Å². The molecular formula is C13H22O4. The van der Waals surface area contributed by atoms with Crippen LogP contribution in [0, 0.1) is 5.92 Å². The summed E-state index contributed by atoms with van der Waals surface area (Å²) in [6.45, 7) is 8.92. The lowest BCUT2D eigenvalue weighted by molar-refractivity contribution is -0.290. The van der Waals surface area contributed by atoms with Crippen molar-refractivity contribution < 1.29 is 19.4 Å². The molecule has 0 saturated carbocycles. The number of ether oxygens (including phenoxy) is 2. The molecule has 0 aromatic rings. The van der Waals surface area contributed by atoms with Gasteiger partial charge in [-0.25, -0.2) is 4.79 Å². The van der Waals surface area contributed by atoms with Crippen molar-refractivity contribution >= 4 is 5.97 Å². The normalized spacial score (nSPS) is 20.8. The summed E-state index contributed by atoms with van der Waals surface area (Å²) in [5.41, 5.74) is 0.190. The highest BCUT2D eigenvalue weighted by Gasteiger charge is 2.43. The second-order valence-electron chi connectivity index (χ2n) is 4.39. The Labute approximate surface area is 103 Å². The maximum absolute atomic E-state index is 11.1. The molecular weight excluding hydrogens is 220 g/mol. The summed E-state index contributed by atoms with van der Waals surface area (Å²) in [5.74, 6) is -2.02. The third-order valence-corrected chi connectivity index (χ3v) is 3.28. The highest BCUT2D eigenvalue weighted by Crippen LogP contribution is 2.37. The fourth-order valence-corrected chi connectivity index (χ4v) is 2.34. The van der Waals surface area contributed by atoms with Crippen LogP contribution in [0.3, 0.4) is 0 Å². The second-order valence-corrected chi connectivity index (χ2v) is 4.39. The van der Waals surface area contributed by atoms with E-state index in [1.807, 2.05) is 13.8 Å². The zero-order valence-corrected chi connectivity index (χ0v) is 10.7. The van der Waals surface area contributed by atoms with Gasteiger partial charge in [0.2, 0.25) is 0 Å². The minimum absolute atomic E-state index is 0.190. The quantitative estimate of drug-likeness (QED) is 0.727. The van der Waals surface area contributed by atoms with Gasteiger partial charge in [0.15, 0.2) is 5.79 Å². The van der Waals surface area contributed by atoms with Crippen LogP contribution < -0.4 is 0 Å². The van der Waals surface area contributed by atoms with E-state index >= 15 is 0 Å². The van der Waals surface area contributed by atoms with Crippen LogP contribution in [0.25, 0.3) is 0 Å². The highest BCUT2D eigenvalue weighted by molar-refractivity contribution is 5.86. The first-order valence-electron chi connectivity index (χ1n) is 6.27. The van der Waals surface area contributed by atoms with E-state index in [0.717, 1.165) is 19.3 Å². The van der Waals surface area contributed by atoms with Gasteiger partial charge in [0.1, 0.15) is 0 Å². The van der Waals surface area contributed by atoms with E-state index in [9.17, 15) is 4.79 Å². The van der Waals surface area contributed by atoms with Gasteiger partial charge in [0.25, 0.3) is 0 Å². The second kappa shape index (κ2) is 6.17. The van der Waals surface area contributed by atoms with E-state index in [0.29, 0.717) is 19.6 Å². The number of aliphatic carboxylic acids is 1. The number of carbonyl (C=O) groups is 1. The topological polar surface area (TPSA) is 55.8 Å². The molecule has 1 rings (SSSR count). The Kier molecular flexibility index (Phi) is 5.15. The van der Waals surface area contributed by atoms with Gasteiger partial charge in [0.05, 0.1) is 13.2 Å². The zero-order chi connectivity index (χ0) is 12.9. The molecule has 98 valence electrons. The van der Waals surface area contributed by atoms with Crippen molar-refractivity contribution in [1.82, 2.24) is 0 Å². The maximum Gasteiger partial charge on any atom is 0.331 e. The van der Waals surface area contributed by atoms with E-state index in [1.165, 1.54) is 0 Å². The van der Waals surface area contributed by atoms with E-state index in [-0.39, 0.29) is 11.5 Å². The van der Waals surface area contributed by atoms with Crippen molar-refractivity contribution in [3.8, 4) is 0 Å². The molecule has 0 aromatic carbocycles. The molecule has 1 fully saturated rings. The largest absolute Gasteiger partial charge is 0.478 e. The predicted octanol–water partition coefficient (Wildman–Crippen LogP) is 2.59. The Balaban J connectivity index is 2.92. The lowest BCUT2D eigenvalue weighted by atomic mass is 9.85. The maximum atomic E-state index is 11.1. The SMILES string of the molecule is C=C(C(=O)O)C(CCC)C1(CC)OCCCO1. The van der Waals surface area contributed by atoms with Gasteiger partial charge in [0, 0.05) is 11.5 Å². The van der Waals surface area contributed by atoms with Crippen LogP contribution in [0.4, 0.5) is 0 Å². The van der Waals surface area contributed by atoms with Crippen molar-refractivity contribution in [1.29, 1.82) is 0 Å². The third kappa shape index (κ3) is 3.07. The van der Waals surface area contributed by atoms with Crippen LogP contribution in [-0.2, 0) is 14.3 Å². The van der Waals surface area contributed by atoms with Gasteiger partial charge in [-0.15, -0.1) is 0 Å². The van der Waals surface area contributed by atoms with Crippen molar-refractivity contribution in [2.75, 3.05) is 13.2 Å². The molecule has 0 radical (unpaired) electrons. The lowest BCUT2D eigenvalue weighted by Gasteiger charge is -2.42. The molecule has 0 aliphatic carbocycles. The first-order chi connectivity index (χ1) is 8.07. The van der Waals surface area contributed by atoms with Crippen LogP contribution in [0.1, 0.15) is 39.5 Å².